The van der Waals surface area contributed by atoms with Crippen LogP contribution in [0.3, 0.4) is 0 Å². The monoisotopic (exact) mass is 324 g/mol. The van der Waals surface area contributed by atoms with Crippen LogP contribution in [0.4, 0.5) is 10.5 Å². The molecule has 0 aliphatic rings. The number of carbonyl (C=O) groups excluding carboxylic acids is 1. The third kappa shape index (κ3) is 3.85. The molecule has 5 heteroatoms. The molecule has 1 aromatic carbocycles. The molecule has 1 aromatic heterocycles. The predicted octanol–water partition coefficient (Wildman–Crippen LogP) is 4.14. The van der Waals surface area contributed by atoms with Crippen LogP contribution < -0.4 is 10.6 Å². The van der Waals surface area contributed by atoms with Gasteiger partial charge in [-0.25, -0.2) is 4.79 Å². The van der Waals surface area contributed by atoms with E-state index in [0.29, 0.717) is 6.54 Å². The molecule has 0 fully saturated rings. The number of rotatable bonds is 3. The lowest BCUT2D eigenvalue weighted by Crippen LogP contribution is -2.27. The number of anilines is 1. The first-order valence-corrected chi connectivity index (χ1v) is 7.10. The summed E-state index contributed by atoms with van der Waals surface area (Å²) >= 11 is 5.00. The topological polar surface area (TPSA) is 41.1 Å². The predicted molar refractivity (Wildman–Crippen MR) is 79.1 cm³/mol. The van der Waals surface area contributed by atoms with Crippen LogP contribution in [0.5, 0.6) is 0 Å². The first-order valence-electron chi connectivity index (χ1n) is 5.49. The maximum absolute atomic E-state index is 11.7. The van der Waals surface area contributed by atoms with Gasteiger partial charge in [0.1, 0.15) is 0 Å². The molecule has 2 aromatic rings. The van der Waals surface area contributed by atoms with Gasteiger partial charge in [-0.2, -0.15) is 0 Å². The highest BCUT2D eigenvalue weighted by molar-refractivity contribution is 9.11. The molecule has 0 bridgehead atoms. The van der Waals surface area contributed by atoms with Gasteiger partial charge in [-0.3, -0.25) is 0 Å². The summed E-state index contributed by atoms with van der Waals surface area (Å²) in [7, 11) is 0. The zero-order valence-electron chi connectivity index (χ0n) is 9.87. The highest BCUT2D eigenvalue weighted by Gasteiger charge is 2.03. The van der Waals surface area contributed by atoms with E-state index in [0.717, 1.165) is 19.9 Å². The Morgan fingerprint density at radius 1 is 1.33 bits per heavy atom. The molecule has 0 radical (unpaired) electrons. The number of nitrogens with one attached hydrogen (secondary N) is 2. The normalized spacial score (nSPS) is 10.1. The first kappa shape index (κ1) is 13.1. The van der Waals surface area contributed by atoms with E-state index in [1.807, 2.05) is 43.3 Å². The Morgan fingerprint density at radius 3 is 2.83 bits per heavy atom. The van der Waals surface area contributed by atoms with E-state index in [4.69, 9.17) is 0 Å². The van der Waals surface area contributed by atoms with E-state index in [2.05, 4.69) is 26.6 Å². The average molecular weight is 325 g/mol. The molecule has 0 atom stereocenters. The molecule has 18 heavy (non-hydrogen) atoms. The average Bonchev–Trinajstić information content (AvgIpc) is 2.73. The minimum atomic E-state index is -0.190. The van der Waals surface area contributed by atoms with Crippen LogP contribution >= 0.6 is 27.3 Å². The standard InChI is InChI=1S/C13H13BrN2OS/c1-9-3-2-4-10(7-9)16-13(17)15-8-11-5-6-12(14)18-11/h2-7H,8H2,1H3,(H2,15,16,17). The second-order valence-corrected chi connectivity index (χ2v) is 6.43. The van der Waals surface area contributed by atoms with Crippen LogP contribution in [0.1, 0.15) is 10.4 Å². The van der Waals surface area contributed by atoms with E-state index in [-0.39, 0.29) is 6.03 Å². The molecule has 2 amide bonds. The molecule has 0 aliphatic carbocycles. The molecule has 2 rings (SSSR count). The summed E-state index contributed by atoms with van der Waals surface area (Å²) in [6, 6.07) is 11.5. The Kier molecular flexibility index (Phi) is 4.38. The molecule has 0 saturated heterocycles. The van der Waals surface area contributed by atoms with Crippen molar-refractivity contribution in [2.24, 2.45) is 0 Å². The number of amides is 2. The summed E-state index contributed by atoms with van der Waals surface area (Å²) in [5, 5.41) is 5.62. The number of carbonyl (C=O) groups is 1. The largest absolute Gasteiger partial charge is 0.333 e. The molecule has 3 nitrogen and oxygen atoms in total. The van der Waals surface area contributed by atoms with Crippen molar-refractivity contribution in [3.05, 3.63) is 50.6 Å². The first-order chi connectivity index (χ1) is 8.63. The molecule has 0 spiro atoms. The summed E-state index contributed by atoms with van der Waals surface area (Å²) in [5.41, 5.74) is 1.93. The number of halogens is 1. The minimum Gasteiger partial charge on any atom is -0.333 e. The number of hydrogen-bond acceptors (Lipinski definition) is 2. The van der Waals surface area contributed by atoms with Crippen molar-refractivity contribution in [2.75, 3.05) is 5.32 Å². The molecule has 94 valence electrons. The summed E-state index contributed by atoms with van der Waals surface area (Å²) in [6.07, 6.45) is 0. The van der Waals surface area contributed by atoms with Gasteiger partial charge in [0.15, 0.2) is 0 Å². The Hall–Kier alpha value is -1.33. The van der Waals surface area contributed by atoms with Gasteiger partial charge in [-0.1, -0.05) is 12.1 Å². The molecule has 1 heterocycles. The highest BCUT2D eigenvalue weighted by Crippen LogP contribution is 2.21. The molecule has 0 unspecified atom stereocenters. The lowest BCUT2D eigenvalue weighted by atomic mass is 10.2. The van der Waals surface area contributed by atoms with E-state index < -0.39 is 0 Å². The van der Waals surface area contributed by atoms with Crippen LogP contribution in [0.25, 0.3) is 0 Å². The van der Waals surface area contributed by atoms with Crippen LogP contribution in [-0.4, -0.2) is 6.03 Å². The number of benzene rings is 1. The lowest BCUT2D eigenvalue weighted by Gasteiger charge is -2.07. The number of urea groups is 1. The Balaban J connectivity index is 1.85. The van der Waals surface area contributed by atoms with Gasteiger partial charge in [0.05, 0.1) is 10.3 Å². The van der Waals surface area contributed by atoms with E-state index >= 15 is 0 Å². The summed E-state index contributed by atoms with van der Waals surface area (Å²) in [6.45, 7) is 2.53. The number of thiophene rings is 1. The molecular weight excluding hydrogens is 312 g/mol. The molecule has 2 N–H and O–H groups in total. The highest BCUT2D eigenvalue weighted by atomic mass is 79.9. The van der Waals surface area contributed by atoms with Gasteiger partial charge in [-0.15, -0.1) is 11.3 Å². The van der Waals surface area contributed by atoms with Crippen molar-refractivity contribution < 1.29 is 4.79 Å². The Labute approximate surface area is 118 Å². The molecule has 0 aliphatic heterocycles. The fraction of sp³-hybridized carbons (Fsp3) is 0.154. The molecular formula is C13H13BrN2OS. The quantitative estimate of drug-likeness (QED) is 0.875. The number of hydrogen-bond donors (Lipinski definition) is 2. The van der Waals surface area contributed by atoms with Gasteiger partial charge < -0.3 is 10.6 Å². The van der Waals surface area contributed by atoms with E-state index in [1.54, 1.807) is 11.3 Å². The van der Waals surface area contributed by atoms with Crippen molar-refractivity contribution in [3.63, 3.8) is 0 Å². The third-order valence-electron chi connectivity index (χ3n) is 2.33. The van der Waals surface area contributed by atoms with Crippen molar-refractivity contribution in [1.82, 2.24) is 5.32 Å². The van der Waals surface area contributed by atoms with E-state index in [1.165, 1.54) is 0 Å². The van der Waals surface area contributed by atoms with Crippen molar-refractivity contribution in [2.45, 2.75) is 13.5 Å². The SMILES string of the molecule is Cc1cccc(NC(=O)NCc2ccc(Br)s2)c1. The Bertz CT molecular complexity index is 553. The zero-order chi connectivity index (χ0) is 13.0. The smallest absolute Gasteiger partial charge is 0.319 e. The van der Waals surface area contributed by atoms with Crippen LogP contribution in [0.15, 0.2) is 40.2 Å². The second-order valence-electron chi connectivity index (χ2n) is 3.88. The third-order valence-corrected chi connectivity index (χ3v) is 3.95. The minimum absolute atomic E-state index is 0.190. The maximum Gasteiger partial charge on any atom is 0.319 e. The lowest BCUT2D eigenvalue weighted by molar-refractivity contribution is 0.252. The van der Waals surface area contributed by atoms with Gasteiger partial charge in [-0.05, 0) is 52.7 Å². The van der Waals surface area contributed by atoms with Crippen molar-refractivity contribution in [1.29, 1.82) is 0 Å². The number of aryl methyl sites for hydroxylation is 1. The van der Waals surface area contributed by atoms with Crippen LogP contribution in [0, 0.1) is 6.92 Å². The molecule has 0 saturated carbocycles. The van der Waals surface area contributed by atoms with Gasteiger partial charge >= 0.3 is 6.03 Å². The van der Waals surface area contributed by atoms with Gasteiger partial charge in [0, 0.05) is 10.6 Å². The van der Waals surface area contributed by atoms with Gasteiger partial charge in [0.25, 0.3) is 0 Å². The van der Waals surface area contributed by atoms with Gasteiger partial charge in [0.2, 0.25) is 0 Å². The summed E-state index contributed by atoms with van der Waals surface area (Å²) in [4.78, 5) is 12.8. The van der Waals surface area contributed by atoms with Crippen molar-refractivity contribution in [3.8, 4) is 0 Å². The van der Waals surface area contributed by atoms with Crippen molar-refractivity contribution >= 4 is 39.0 Å². The van der Waals surface area contributed by atoms with Crippen LogP contribution in [-0.2, 0) is 6.54 Å². The fourth-order valence-electron chi connectivity index (χ4n) is 1.51. The summed E-state index contributed by atoms with van der Waals surface area (Å²) < 4.78 is 1.07. The van der Waals surface area contributed by atoms with E-state index in [9.17, 15) is 4.79 Å². The maximum atomic E-state index is 11.7. The Morgan fingerprint density at radius 2 is 2.17 bits per heavy atom. The summed E-state index contributed by atoms with van der Waals surface area (Å²) in [5.74, 6) is 0. The van der Waals surface area contributed by atoms with Crippen LogP contribution in [0.2, 0.25) is 0 Å². The zero-order valence-corrected chi connectivity index (χ0v) is 12.3. The second kappa shape index (κ2) is 6.02. The fourth-order valence-corrected chi connectivity index (χ4v) is 2.94.